The third-order valence-corrected chi connectivity index (χ3v) is 4.09. The molecule has 0 aliphatic carbocycles. The Morgan fingerprint density at radius 3 is 1.14 bits per heavy atom. The quantitative estimate of drug-likeness (QED) is 0.665. The van der Waals surface area contributed by atoms with E-state index < -0.39 is 0 Å². The van der Waals surface area contributed by atoms with Crippen molar-refractivity contribution in [3.05, 3.63) is 71.8 Å². The Bertz CT molecular complexity index is 747. The SMILES string of the molecule is Cc1cc(-c2ccc(-c3ccc(N)c(C)c3)cc2)ccc1N. The molecule has 0 aliphatic rings. The number of hydrogen-bond acceptors (Lipinski definition) is 2. The molecule has 0 heterocycles. The lowest BCUT2D eigenvalue weighted by Gasteiger charge is -2.08. The van der Waals surface area contributed by atoms with Gasteiger partial charge in [-0.15, -0.1) is 0 Å². The minimum atomic E-state index is 0.831. The number of benzene rings is 3. The van der Waals surface area contributed by atoms with E-state index in [0.29, 0.717) is 0 Å². The molecule has 2 nitrogen and oxygen atoms in total. The number of hydrogen-bond donors (Lipinski definition) is 2. The van der Waals surface area contributed by atoms with Crippen molar-refractivity contribution in [2.24, 2.45) is 0 Å². The van der Waals surface area contributed by atoms with Gasteiger partial charge in [0.1, 0.15) is 0 Å². The summed E-state index contributed by atoms with van der Waals surface area (Å²) in [6.45, 7) is 4.06. The monoisotopic (exact) mass is 288 g/mol. The highest BCUT2D eigenvalue weighted by Gasteiger charge is 2.03. The Kier molecular flexibility index (Phi) is 3.60. The van der Waals surface area contributed by atoms with Crippen LogP contribution < -0.4 is 11.5 Å². The molecule has 3 aromatic rings. The fraction of sp³-hybridized carbons (Fsp3) is 0.100. The van der Waals surface area contributed by atoms with Crippen LogP contribution in [0.15, 0.2) is 60.7 Å². The van der Waals surface area contributed by atoms with E-state index >= 15 is 0 Å². The molecule has 0 radical (unpaired) electrons. The molecular formula is C20H20N2. The van der Waals surface area contributed by atoms with Gasteiger partial charge < -0.3 is 11.5 Å². The van der Waals surface area contributed by atoms with Gasteiger partial charge in [0.2, 0.25) is 0 Å². The molecule has 0 aromatic heterocycles. The lowest BCUT2D eigenvalue weighted by Crippen LogP contribution is -1.90. The highest BCUT2D eigenvalue weighted by atomic mass is 14.6. The Hall–Kier alpha value is -2.74. The van der Waals surface area contributed by atoms with Gasteiger partial charge in [-0.05, 0) is 71.5 Å². The van der Waals surface area contributed by atoms with Gasteiger partial charge in [-0.25, -0.2) is 0 Å². The normalized spacial score (nSPS) is 10.6. The minimum Gasteiger partial charge on any atom is -0.399 e. The third-order valence-electron chi connectivity index (χ3n) is 4.09. The molecule has 3 rings (SSSR count). The fourth-order valence-corrected chi connectivity index (χ4v) is 2.57. The van der Waals surface area contributed by atoms with Gasteiger partial charge in [0, 0.05) is 11.4 Å². The summed E-state index contributed by atoms with van der Waals surface area (Å²) in [5, 5.41) is 0. The van der Waals surface area contributed by atoms with Gasteiger partial charge in [0.25, 0.3) is 0 Å². The molecule has 0 aliphatic heterocycles. The highest BCUT2D eigenvalue weighted by molar-refractivity contribution is 5.73. The van der Waals surface area contributed by atoms with Gasteiger partial charge in [0.15, 0.2) is 0 Å². The van der Waals surface area contributed by atoms with Crippen LogP contribution in [0.3, 0.4) is 0 Å². The summed E-state index contributed by atoms with van der Waals surface area (Å²) in [6.07, 6.45) is 0. The maximum atomic E-state index is 5.88. The Morgan fingerprint density at radius 1 is 0.500 bits per heavy atom. The lowest BCUT2D eigenvalue weighted by atomic mass is 9.98. The van der Waals surface area contributed by atoms with Gasteiger partial charge in [-0.1, -0.05) is 36.4 Å². The van der Waals surface area contributed by atoms with Crippen LogP contribution in [-0.4, -0.2) is 0 Å². The van der Waals surface area contributed by atoms with E-state index in [2.05, 4.69) is 48.5 Å². The van der Waals surface area contributed by atoms with Crippen molar-refractivity contribution < 1.29 is 0 Å². The van der Waals surface area contributed by atoms with Gasteiger partial charge in [-0.2, -0.15) is 0 Å². The number of aryl methyl sites for hydroxylation is 2. The predicted octanol–water partition coefficient (Wildman–Crippen LogP) is 4.80. The second-order valence-corrected chi connectivity index (χ2v) is 5.72. The first-order valence-electron chi connectivity index (χ1n) is 7.37. The number of rotatable bonds is 2. The van der Waals surface area contributed by atoms with Crippen molar-refractivity contribution in [2.45, 2.75) is 13.8 Å². The molecule has 0 fully saturated rings. The second-order valence-electron chi connectivity index (χ2n) is 5.72. The zero-order chi connectivity index (χ0) is 15.7. The summed E-state index contributed by atoms with van der Waals surface area (Å²) in [5.41, 5.74) is 20.4. The fourth-order valence-electron chi connectivity index (χ4n) is 2.57. The van der Waals surface area contributed by atoms with Crippen LogP contribution in [0.4, 0.5) is 11.4 Å². The molecule has 2 heteroatoms. The van der Waals surface area contributed by atoms with Gasteiger partial charge in [0.05, 0.1) is 0 Å². The Morgan fingerprint density at radius 2 is 0.818 bits per heavy atom. The van der Waals surface area contributed by atoms with Crippen molar-refractivity contribution in [1.82, 2.24) is 0 Å². The van der Waals surface area contributed by atoms with Crippen molar-refractivity contribution in [2.75, 3.05) is 11.5 Å². The van der Waals surface area contributed by atoms with Crippen molar-refractivity contribution in [3.8, 4) is 22.3 Å². The summed E-state index contributed by atoms with van der Waals surface area (Å²) >= 11 is 0. The average Bonchev–Trinajstić information content (AvgIpc) is 2.53. The van der Waals surface area contributed by atoms with E-state index in [9.17, 15) is 0 Å². The molecule has 0 atom stereocenters. The van der Waals surface area contributed by atoms with Crippen molar-refractivity contribution in [1.29, 1.82) is 0 Å². The maximum absolute atomic E-state index is 5.88. The molecule has 0 saturated carbocycles. The highest BCUT2D eigenvalue weighted by Crippen LogP contribution is 2.28. The molecule has 0 saturated heterocycles. The Balaban J connectivity index is 1.95. The third kappa shape index (κ3) is 2.68. The van der Waals surface area contributed by atoms with E-state index in [1.807, 2.05) is 26.0 Å². The molecular weight excluding hydrogens is 268 g/mol. The molecule has 0 spiro atoms. The maximum Gasteiger partial charge on any atom is 0.0344 e. The second kappa shape index (κ2) is 5.57. The molecule has 22 heavy (non-hydrogen) atoms. The average molecular weight is 288 g/mol. The molecule has 0 amide bonds. The van der Waals surface area contributed by atoms with Crippen LogP contribution in [0.25, 0.3) is 22.3 Å². The smallest absolute Gasteiger partial charge is 0.0344 e. The van der Waals surface area contributed by atoms with E-state index in [4.69, 9.17) is 11.5 Å². The molecule has 3 aromatic carbocycles. The van der Waals surface area contributed by atoms with Crippen LogP contribution in [-0.2, 0) is 0 Å². The minimum absolute atomic E-state index is 0.831. The summed E-state index contributed by atoms with van der Waals surface area (Å²) in [6, 6.07) is 20.9. The zero-order valence-corrected chi connectivity index (χ0v) is 12.9. The predicted molar refractivity (Wildman–Crippen MR) is 95.6 cm³/mol. The summed E-state index contributed by atoms with van der Waals surface area (Å²) in [7, 11) is 0. The number of nitrogen functional groups attached to an aromatic ring is 2. The summed E-state index contributed by atoms with van der Waals surface area (Å²) in [5.74, 6) is 0. The van der Waals surface area contributed by atoms with Gasteiger partial charge in [-0.3, -0.25) is 0 Å². The number of anilines is 2. The van der Waals surface area contributed by atoms with Crippen molar-refractivity contribution >= 4 is 11.4 Å². The summed E-state index contributed by atoms with van der Waals surface area (Å²) in [4.78, 5) is 0. The first kappa shape index (κ1) is 14.2. The largest absolute Gasteiger partial charge is 0.399 e. The molecule has 4 N–H and O–H groups in total. The number of nitrogens with two attached hydrogens (primary N) is 2. The van der Waals surface area contributed by atoms with Crippen LogP contribution in [0.5, 0.6) is 0 Å². The molecule has 0 unspecified atom stereocenters. The zero-order valence-electron chi connectivity index (χ0n) is 12.9. The topological polar surface area (TPSA) is 52.0 Å². The van der Waals surface area contributed by atoms with Gasteiger partial charge >= 0.3 is 0 Å². The van der Waals surface area contributed by atoms with Crippen LogP contribution in [0.1, 0.15) is 11.1 Å². The molecule has 0 bridgehead atoms. The van der Waals surface area contributed by atoms with E-state index in [0.717, 1.165) is 22.5 Å². The Labute approximate surface area is 131 Å². The first-order valence-corrected chi connectivity index (χ1v) is 7.37. The van der Waals surface area contributed by atoms with Crippen LogP contribution in [0, 0.1) is 13.8 Å². The van der Waals surface area contributed by atoms with Crippen molar-refractivity contribution in [3.63, 3.8) is 0 Å². The lowest BCUT2D eigenvalue weighted by molar-refractivity contribution is 1.46. The van der Waals surface area contributed by atoms with E-state index in [-0.39, 0.29) is 0 Å². The standard InChI is InChI=1S/C20H20N2/c1-13-11-17(7-9-19(13)21)15-3-5-16(6-4-15)18-8-10-20(22)14(2)12-18/h3-12H,21-22H2,1-2H3. The van der Waals surface area contributed by atoms with Crippen LogP contribution >= 0.6 is 0 Å². The van der Waals surface area contributed by atoms with E-state index in [1.165, 1.54) is 22.3 Å². The van der Waals surface area contributed by atoms with Crippen LogP contribution in [0.2, 0.25) is 0 Å². The molecule has 110 valence electrons. The first-order chi connectivity index (χ1) is 10.5. The van der Waals surface area contributed by atoms with E-state index in [1.54, 1.807) is 0 Å². The summed E-state index contributed by atoms with van der Waals surface area (Å²) < 4.78 is 0.